The molecular weight excluding hydrogens is 231 g/mol. The standard InChI is InChI=1S/C15H9FO2/c16-14-8-6-11(7-9-14)4-5-12-2-1-3-13(10-12)15(17)18/h1-3,6-10H,(H,17,18). The number of carbonyl (C=O) groups is 1. The van der Waals surface area contributed by atoms with Crippen LogP contribution in [0.1, 0.15) is 21.5 Å². The summed E-state index contributed by atoms with van der Waals surface area (Å²) in [6.45, 7) is 0. The van der Waals surface area contributed by atoms with E-state index in [4.69, 9.17) is 5.11 Å². The lowest BCUT2D eigenvalue weighted by Gasteiger charge is -1.94. The van der Waals surface area contributed by atoms with Crippen LogP contribution in [0.3, 0.4) is 0 Å². The molecule has 0 aliphatic rings. The van der Waals surface area contributed by atoms with E-state index in [1.165, 1.54) is 24.3 Å². The van der Waals surface area contributed by atoms with Crippen LogP contribution in [-0.2, 0) is 0 Å². The third kappa shape index (κ3) is 2.96. The molecule has 0 amide bonds. The third-order valence-electron chi connectivity index (χ3n) is 2.30. The predicted octanol–water partition coefficient (Wildman–Crippen LogP) is 2.92. The Kier molecular flexibility index (Phi) is 3.40. The number of aromatic carboxylic acids is 1. The van der Waals surface area contributed by atoms with Gasteiger partial charge in [0.25, 0.3) is 0 Å². The number of carboxylic acid groups (broad SMARTS) is 1. The maximum Gasteiger partial charge on any atom is 0.335 e. The van der Waals surface area contributed by atoms with Crippen LogP contribution in [0.4, 0.5) is 4.39 Å². The normalized spacial score (nSPS) is 9.39. The lowest BCUT2D eigenvalue weighted by molar-refractivity contribution is 0.0697. The highest BCUT2D eigenvalue weighted by Crippen LogP contribution is 2.05. The van der Waals surface area contributed by atoms with Gasteiger partial charge in [-0.1, -0.05) is 17.9 Å². The van der Waals surface area contributed by atoms with Crippen LogP contribution < -0.4 is 0 Å². The SMILES string of the molecule is O=C(O)c1cccc(C#Cc2ccc(F)cc2)c1. The molecule has 0 radical (unpaired) electrons. The molecule has 2 nitrogen and oxygen atoms in total. The first-order valence-electron chi connectivity index (χ1n) is 5.26. The lowest BCUT2D eigenvalue weighted by Crippen LogP contribution is -1.95. The van der Waals surface area contributed by atoms with Crippen LogP contribution in [0.15, 0.2) is 48.5 Å². The Bertz CT molecular complexity index is 634. The van der Waals surface area contributed by atoms with Crippen LogP contribution in [0.5, 0.6) is 0 Å². The van der Waals surface area contributed by atoms with E-state index in [0.29, 0.717) is 11.1 Å². The smallest absolute Gasteiger partial charge is 0.335 e. The molecule has 0 atom stereocenters. The number of benzene rings is 2. The summed E-state index contributed by atoms with van der Waals surface area (Å²) >= 11 is 0. The quantitative estimate of drug-likeness (QED) is 0.778. The second-order valence-corrected chi connectivity index (χ2v) is 3.64. The second kappa shape index (κ2) is 5.15. The van der Waals surface area contributed by atoms with Gasteiger partial charge in [0, 0.05) is 11.1 Å². The van der Waals surface area contributed by atoms with Crippen molar-refractivity contribution in [3.05, 3.63) is 71.0 Å². The fraction of sp³-hybridized carbons (Fsp3) is 0. The Hall–Kier alpha value is -2.60. The van der Waals surface area contributed by atoms with Gasteiger partial charge in [-0.05, 0) is 42.5 Å². The van der Waals surface area contributed by atoms with Crippen LogP contribution in [0.25, 0.3) is 0 Å². The molecule has 0 bridgehead atoms. The van der Waals surface area contributed by atoms with Crippen LogP contribution in [0.2, 0.25) is 0 Å². The van der Waals surface area contributed by atoms with Crippen LogP contribution in [-0.4, -0.2) is 11.1 Å². The van der Waals surface area contributed by atoms with E-state index in [-0.39, 0.29) is 11.4 Å². The maximum absolute atomic E-state index is 12.7. The topological polar surface area (TPSA) is 37.3 Å². The number of carboxylic acids is 1. The van der Waals surface area contributed by atoms with Crippen molar-refractivity contribution in [1.82, 2.24) is 0 Å². The molecule has 2 rings (SSSR count). The van der Waals surface area contributed by atoms with E-state index in [9.17, 15) is 9.18 Å². The summed E-state index contributed by atoms with van der Waals surface area (Å²) in [7, 11) is 0. The molecule has 0 aliphatic heterocycles. The first-order chi connectivity index (χ1) is 8.65. The van der Waals surface area contributed by atoms with E-state index in [1.54, 1.807) is 24.3 Å². The summed E-state index contributed by atoms with van der Waals surface area (Å²) in [6, 6.07) is 12.2. The van der Waals surface area contributed by atoms with Gasteiger partial charge in [-0.15, -0.1) is 0 Å². The van der Waals surface area contributed by atoms with Gasteiger partial charge in [0.1, 0.15) is 5.82 Å². The molecular formula is C15H9FO2. The molecule has 18 heavy (non-hydrogen) atoms. The van der Waals surface area contributed by atoms with Crippen molar-refractivity contribution in [1.29, 1.82) is 0 Å². The average Bonchev–Trinajstić information content (AvgIpc) is 2.38. The van der Waals surface area contributed by atoms with Gasteiger partial charge in [-0.25, -0.2) is 9.18 Å². The molecule has 0 saturated carbocycles. The fourth-order valence-electron chi connectivity index (χ4n) is 1.41. The van der Waals surface area contributed by atoms with Crippen molar-refractivity contribution in [3.63, 3.8) is 0 Å². The monoisotopic (exact) mass is 240 g/mol. The number of rotatable bonds is 1. The highest BCUT2D eigenvalue weighted by Gasteiger charge is 2.01. The maximum atomic E-state index is 12.7. The Morgan fingerprint density at radius 1 is 1.00 bits per heavy atom. The Morgan fingerprint density at radius 2 is 1.67 bits per heavy atom. The summed E-state index contributed by atoms with van der Waals surface area (Å²) in [5, 5.41) is 8.84. The molecule has 1 N–H and O–H groups in total. The summed E-state index contributed by atoms with van der Waals surface area (Å²) in [5.41, 5.74) is 1.48. The molecule has 0 aromatic heterocycles. The highest BCUT2D eigenvalue weighted by atomic mass is 19.1. The minimum Gasteiger partial charge on any atom is -0.478 e. The van der Waals surface area contributed by atoms with E-state index >= 15 is 0 Å². The van der Waals surface area contributed by atoms with Gasteiger partial charge in [0.2, 0.25) is 0 Å². The number of halogens is 1. The Balaban J connectivity index is 2.27. The molecule has 0 aliphatic carbocycles. The van der Waals surface area contributed by atoms with Gasteiger partial charge in [0.05, 0.1) is 5.56 Å². The minimum atomic E-state index is -0.986. The molecule has 0 heterocycles. The largest absolute Gasteiger partial charge is 0.478 e. The predicted molar refractivity (Wildman–Crippen MR) is 65.8 cm³/mol. The van der Waals surface area contributed by atoms with Crippen molar-refractivity contribution in [2.24, 2.45) is 0 Å². The zero-order valence-electron chi connectivity index (χ0n) is 9.35. The van der Waals surface area contributed by atoms with E-state index in [1.807, 2.05) is 0 Å². The van der Waals surface area contributed by atoms with E-state index in [0.717, 1.165) is 0 Å². The summed E-state index contributed by atoms with van der Waals surface area (Å²) in [6.07, 6.45) is 0. The summed E-state index contributed by atoms with van der Waals surface area (Å²) < 4.78 is 12.7. The van der Waals surface area contributed by atoms with Crippen molar-refractivity contribution in [2.75, 3.05) is 0 Å². The molecule has 0 saturated heterocycles. The fourth-order valence-corrected chi connectivity index (χ4v) is 1.41. The molecule has 2 aromatic carbocycles. The van der Waals surface area contributed by atoms with Crippen molar-refractivity contribution >= 4 is 5.97 Å². The van der Waals surface area contributed by atoms with Gasteiger partial charge >= 0.3 is 5.97 Å². The third-order valence-corrected chi connectivity index (χ3v) is 2.30. The Morgan fingerprint density at radius 3 is 2.33 bits per heavy atom. The Labute approximate surface area is 104 Å². The van der Waals surface area contributed by atoms with Crippen molar-refractivity contribution in [2.45, 2.75) is 0 Å². The van der Waals surface area contributed by atoms with Crippen LogP contribution >= 0.6 is 0 Å². The van der Waals surface area contributed by atoms with E-state index in [2.05, 4.69) is 11.8 Å². The number of hydrogen-bond donors (Lipinski definition) is 1. The van der Waals surface area contributed by atoms with E-state index < -0.39 is 5.97 Å². The van der Waals surface area contributed by atoms with Gasteiger partial charge in [0.15, 0.2) is 0 Å². The summed E-state index contributed by atoms with van der Waals surface area (Å²) in [4.78, 5) is 10.8. The highest BCUT2D eigenvalue weighted by molar-refractivity contribution is 5.88. The number of hydrogen-bond acceptors (Lipinski definition) is 1. The first kappa shape index (κ1) is 11.9. The molecule has 0 spiro atoms. The molecule has 3 heteroatoms. The van der Waals surface area contributed by atoms with Crippen molar-refractivity contribution in [3.8, 4) is 11.8 Å². The first-order valence-corrected chi connectivity index (χ1v) is 5.26. The average molecular weight is 240 g/mol. The molecule has 2 aromatic rings. The molecule has 0 unspecified atom stereocenters. The van der Waals surface area contributed by atoms with Crippen LogP contribution in [0, 0.1) is 17.7 Å². The van der Waals surface area contributed by atoms with Gasteiger partial charge in [-0.3, -0.25) is 0 Å². The molecule has 88 valence electrons. The van der Waals surface area contributed by atoms with Gasteiger partial charge < -0.3 is 5.11 Å². The summed E-state index contributed by atoms with van der Waals surface area (Å²) in [5.74, 6) is 4.39. The van der Waals surface area contributed by atoms with Crippen molar-refractivity contribution < 1.29 is 14.3 Å². The second-order valence-electron chi connectivity index (χ2n) is 3.64. The van der Waals surface area contributed by atoms with Gasteiger partial charge in [-0.2, -0.15) is 0 Å². The molecule has 0 fully saturated rings. The zero-order chi connectivity index (χ0) is 13.0. The lowest BCUT2D eigenvalue weighted by atomic mass is 10.1. The minimum absolute atomic E-state index is 0.195. The zero-order valence-corrected chi connectivity index (χ0v) is 9.35.